The predicted octanol–water partition coefficient (Wildman–Crippen LogP) is 5.86. The molecule has 9 heteroatoms. The molecule has 0 bridgehead atoms. The molecule has 3 N–H and O–H groups in total. The van der Waals surface area contributed by atoms with E-state index in [2.05, 4.69) is 28.2 Å². The predicted molar refractivity (Wildman–Crippen MR) is 145 cm³/mol. The normalized spacial score (nSPS) is 26.7. The topological polar surface area (TPSA) is 111 Å². The third-order valence-electron chi connectivity index (χ3n) is 7.58. The molecule has 0 spiro atoms. The third-order valence-corrected chi connectivity index (χ3v) is 9.91. The van der Waals surface area contributed by atoms with E-state index < -0.39 is 13.0 Å². The number of aliphatic imine (C=N–C) groups is 1. The quantitative estimate of drug-likeness (QED) is 0.472. The minimum absolute atomic E-state index is 0.261. The van der Waals surface area contributed by atoms with E-state index in [0.717, 1.165) is 43.4 Å². The Labute approximate surface area is 217 Å². The SMILES string of the molecule is CC1(C)Oc2ncnc(N)c2N=C1C1=CCC(C2CCC(CP(=O)(O)c3cccc(Cl)c3)CC2)C=C1. The van der Waals surface area contributed by atoms with Crippen LogP contribution in [0.1, 0.15) is 46.0 Å². The van der Waals surface area contributed by atoms with Crippen LogP contribution in [0.4, 0.5) is 11.5 Å². The van der Waals surface area contributed by atoms with Gasteiger partial charge in [0.2, 0.25) is 13.2 Å². The Bertz CT molecular complexity index is 1300. The first-order valence-electron chi connectivity index (χ1n) is 12.5. The number of hydrogen-bond acceptors (Lipinski definition) is 6. The Hall–Kier alpha value is -2.47. The van der Waals surface area contributed by atoms with Crippen LogP contribution in [0, 0.1) is 17.8 Å². The molecule has 190 valence electrons. The van der Waals surface area contributed by atoms with Crippen molar-refractivity contribution in [2.75, 3.05) is 11.9 Å². The maximum atomic E-state index is 13.0. The summed E-state index contributed by atoms with van der Waals surface area (Å²) < 4.78 is 19.1. The Morgan fingerprint density at radius 3 is 2.69 bits per heavy atom. The average molecular weight is 527 g/mol. The summed E-state index contributed by atoms with van der Waals surface area (Å²) in [4.78, 5) is 23.7. The Kier molecular flexibility index (Phi) is 6.84. The fourth-order valence-corrected chi connectivity index (χ4v) is 7.82. The van der Waals surface area contributed by atoms with E-state index >= 15 is 0 Å². The van der Waals surface area contributed by atoms with Crippen molar-refractivity contribution in [3.8, 4) is 5.88 Å². The largest absolute Gasteiger partial charge is 0.463 e. The lowest BCUT2D eigenvalue weighted by molar-refractivity contribution is 0.171. The molecule has 0 radical (unpaired) electrons. The van der Waals surface area contributed by atoms with Crippen molar-refractivity contribution >= 4 is 41.5 Å². The molecule has 1 aromatic heterocycles. The standard InChI is InChI=1S/C27H32ClN4O3P/c1-27(2)24(32-23-25(29)30-16-31-26(23)35-27)20-12-10-19(11-13-20)18-8-6-17(7-9-18)15-36(33,34)22-5-3-4-21(28)14-22/h3-5,10,12-14,16-19H,6-9,11,15H2,1-2H3,(H,33,34)(H2,29,30,31). The molecule has 7 nitrogen and oxygen atoms in total. The maximum Gasteiger partial charge on any atom is 0.246 e. The van der Waals surface area contributed by atoms with Crippen LogP contribution >= 0.6 is 19.0 Å². The van der Waals surface area contributed by atoms with Crippen LogP contribution in [0.3, 0.4) is 0 Å². The molecule has 5 rings (SSSR count). The second-order valence-electron chi connectivity index (χ2n) is 10.5. The molecule has 1 aromatic carbocycles. The number of anilines is 1. The number of nitrogens with two attached hydrogens (primary N) is 1. The van der Waals surface area contributed by atoms with Gasteiger partial charge in [0.05, 0.1) is 5.71 Å². The van der Waals surface area contributed by atoms with Crippen molar-refractivity contribution in [3.05, 3.63) is 59.4 Å². The van der Waals surface area contributed by atoms with Gasteiger partial charge in [0.15, 0.2) is 11.5 Å². The minimum atomic E-state index is -3.41. The van der Waals surface area contributed by atoms with Gasteiger partial charge in [0.25, 0.3) is 0 Å². The number of aromatic nitrogens is 2. The summed E-state index contributed by atoms with van der Waals surface area (Å²) in [6.45, 7) is 3.97. The highest BCUT2D eigenvalue weighted by Crippen LogP contribution is 2.47. The summed E-state index contributed by atoms with van der Waals surface area (Å²) in [6.07, 6.45) is 13.4. The first-order chi connectivity index (χ1) is 17.1. The molecule has 1 fully saturated rings. The van der Waals surface area contributed by atoms with Gasteiger partial charge < -0.3 is 15.4 Å². The van der Waals surface area contributed by atoms with Crippen molar-refractivity contribution in [1.82, 2.24) is 9.97 Å². The fraction of sp³-hybridized carbons (Fsp3) is 0.444. The number of nitrogens with zero attached hydrogens (tertiary/aromatic N) is 3. The second-order valence-corrected chi connectivity index (χ2v) is 13.3. The van der Waals surface area contributed by atoms with Crippen LogP contribution in [-0.2, 0) is 4.57 Å². The Morgan fingerprint density at radius 2 is 2.00 bits per heavy atom. The van der Waals surface area contributed by atoms with E-state index in [1.54, 1.807) is 24.3 Å². The van der Waals surface area contributed by atoms with Gasteiger partial charge in [0.1, 0.15) is 11.9 Å². The number of rotatable bonds is 5. The molecule has 2 heterocycles. The van der Waals surface area contributed by atoms with E-state index in [9.17, 15) is 9.46 Å². The maximum absolute atomic E-state index is 13.0. The van der Waals surface area contributed by atoms with Crippen molar-refractivity contribution in [2.45, 2.75) is 51.6 Å². The van der Waals surface area contributed by atoms with Crippen LogP contribution in [0.2, 0.25) is 5.02 Å². The monoisotopic (exact) mass is 526 g/mol. The lowest BCUT2D eigenvalue weighted by Crippen LogP contribution is -2.41. The summed E-state index contributed by atoms with van der Waals surface area (Å²) in [7, 11) is -3.41. The molecular formula is C27H32ClN4O3P. The number of allylic oxidation sites excluding steroid dienone is 3. The first-order valence-corrected chi connectivity index (χ1v) is 14.7. The van der Waals surface area contributed by atoms with E-state index in [1.165, 1.54) is 6.33 Å². The Morgan fingerprint density at radius 1 is 1.22 bits per heavy atom. The molecule has 0 saturated heterocycles. The molecule has 0 amide bonds. The molecule has 36 heavy (non-hydrogen) atoms. The van der Waals surface area contributed by atoms with Gasteiger partial charge in [-0.15, -0.1) is 0 Å². The molecule has 1 aliphatic heterocycles. The van der Waals surface area contributed by atoms with Gasteiger partial charge in [0, 0.05) is 16.5 Å². The highest BCUT2D eigenvalue weighted by atomic mass is 35.5. The number of fused-ring (bicyclic) bond motifs is 1. The molecule has 2 atom stereocenters. The van der Waals surface area contributed by atoms with E-state index in [-0.39, 0.29) is 5.92 Å². The van der Waals surface area contributed by atoms with E-state index in [0.29, 0.717) is 45.7 Å². The molecule has 2 unspecified atom stereocenters. The summed E-state index contributed by atoms with van der Waals surface area (Å²) in [6, 6.07) is 6.79. The Balaban J connectivity index is 1.21. The zero-order valence-corrected chi connectivity index (χ0v) is 22.3. The average Bonchev–Trinajstić information content (AvgIpc) is 2.84. The number of hydrogen-bond donors (Lipinski definition) is 2. The van der Waals surface area contributed by atoms with Crippen molar-refractivity contribution in [1.29, 1.82) is 0 Å². The first kappa shape index (κ1) is 25.2. The van der Waals surface area contributed by atoms with Crippen molar-refractivity contribution < 1.29 is 14.2 Å². The summed E-state index contributed by atoms with van der Waals surface area (Å²) in [5, 5.41) is 0.954. The smallest absolute Gasteiger partial charge is 0.246 e. The molecule has 2 aliphatic carbocycles. The van der Waals surface area contributed by atoms with E-state index in [4.69, 9.17) is 27.1 Å². The number of halogens is 1. The van der Waals surface area contributed by atoms with Crippen molar-refractivity contribution in [3.63, 3.8) is 0 Å². The van der Waals surface area contributed by atoms with Crippen molar-refractivity contribution in [2.24, 2.45) is 22.7 Å². The molecule has 1 saturated carbocycles. The van der Waals surface area contributed by atoms with Gasteiger partial charge in [-0.2, -0.15) is 4.98 Å². The van der Waals surface area contributed by atoms with Gasteiger partial charge >= 0.3 is 0 Å². The van der Waals surface area contributed by atoms with Gasteiger partial charge in [-0.05, 0) is 87.5 Å². The number of ether oxygens (including phenoxy) is 1. The zero-order valence-electron chi connectivity index (χ0n) is 20.6. The molecule has 3 aliphatic rings. The van der Waals surface area contributed by atoms with Crippen LogP contribution < -0.4 is 15.8 Å². The summed E-state index contributed by atoms with van der Waals surface area (Å²) in [5.74, 6) is 2.01. The third kappa shape index (κ3) is 5.15. The van der Waals surface area contributed by atoms with Crippen LogP contribution in [-0.4, -0.2) is 32.3 Å². The van der Waals surface area contributed by atoms with Gasteiger partial charge in [-0.25, -0.2) is 9.98 Å². The summed E-state index contributed by atoms with van der Waals surface area (Å²) >= 11 is 6.03. The highest BCUT2D eigenvalue weighted by Gasteiger charge is 2.37. The lowest BCUT2D eigenvalue weighted by atomic mass is 9.73. The number of benzene rings is 1. The molecular weight excluding hydrogens is 495 g/mol. The van der Waals surface area contributed by atoms with E-state index in [1.807, 2.05) is 13.8 Å². The molecule has 2 aromatic rings. The number of nitrogen functional groups attached to an aromatic ring is 1. The van der Waals surface area contributed by atoms with Crippen LogP contribution in [0.25, 0.3) is 0 Å². The van der Waals surface area contributed by atoms with Crippen LogP contribution in [0.5, 0.6) is 5.88 Å². The van der Waals surface area contributed by atoms with Gasteiger partial charge in [-0.1, -0.05) is 35.9 Å². The minimum Gasteiger partial charge on any atom is -0.463 e. The van der Waals surface area contributed by atoms with Gasteiger partial charge in [-0.3, -0.25) is 4.57 Å². The lowest BCUT2D eigenvalue weighted by Gasteiger charge is -2.36. The second kappa shape index (κ2) is 9.77. The zero-order chi connectivity index (χ0) is 25.5. The summed E-state index contributed by atoms with van der Waals surface area (Å²) in [5.41, 5.74) is 7.74. The fourth-order valence-electron chi connectivity index (χ4n) is 5.61. The highest BCUT2D eigenvalue weighted by molar-refractivity contribution is 7.66. The van der Waals surface area contributed by atoms with Crippen LogP contribution in [0.15, 0.2) is 59.4 Å².